The lowest BCUT2D eigenvalue weighted by Gasteiger charge is -2.21. The van der Waals surface area contributed by atoms with Crippen molar-refractivity contribution in [1.82, 2.24) is 5.32 Å². The van der Waals surface area contributed by atoms with Crippen molar-refractivity contribution in [3.63, 3.8) is 0 Å². The molecule has 0 amide bonds. The molecule has 0 saturated heterocycles. The van der Waals surface area contributed by atoms with Crippen molar-refractivity contribution in [3.05, 3.63) is 29.6 Å². The van der Waals surface area contributed by atoms with E-state index in [1.54, 1.807) is 19.2 Å². The highest BCUT2D eigenvalue weighted by molar-refractivity contribution is 5.37. The average Bonchev–Trinajstić information content (AvgIpc) is 3.03. The Bertz CT molecular complexity index is 394. The molecule has 0 aromatic heterocycles. The minimum Gasteiger partial charge on any atom is -0.496 e. The Balaban J connectivity index is 2.30. The van der Waals surface area contributed by atoms with Gasteiger partial charge in [-0.1, -0.05) is 13.8 Å². The lowest BCUT2D eigenvalue weighted by Crippen LogP contribution is -2.24. The summed E-state index contributed by atoms with van der Waals surface area (Å²) in [4.78, 5) is 0. The van der Waals surface area contributed by atoms with Crippen molar-refractivity contribution in [2.24, 2.45) is 11.8 Å². The summed E-state index contributed by atoms with van der Waals surface area (Å²) in [5.41, 5.74) is 0.948. The van der Waals surface area contributed by atoms with Crippen LogP contribution in [0, 0.1) is 17.7 Å². The molecule has 0 radical (unpaired) electrons. The van der Waals surface area contributed by atoms with Gasteiger partial charge in [0.25, 0.3) is 0 Å². The van der Waals surface area contributed by atoms with Crippen molar-refractivity contribution < 1.29 is 9.13 Å². The van der Waals surface area contributed by atoms with Gasteiger partial charge >= 0.3 is 0 Å². The van der Waals surface area contributed by atoms with E-state index in [9.17, 15) is 4.39 Å². The summed E-state index contributed by atoms with van der Waals surface area (Å²) >= 11 is 0. The number of hydrogen-bond donors (Lipinski definition) is 1. The molecule has 2 nitrogen and oxygen atoms in total. The first-order chi connectivity index (χ1) is 8.17. The molecular formula is C14H20FNO. The Kier molecular flexibility index (Phi) is 3.67. The molecule has 1 aromatic carbocycles. The Morgan fingerprint density at radius 3 is 2.76 bits per heavy atom. The van der Waals surface area contributed by atoms with E-state index in [0.29, 0.717) is 11.8 Å². The van der Waals surface area contributed by atoms with Gasteiger partial charge in [0.1, 0.15) is 11.6 Å². The minimum atomic E-state index is -0.197. The fourth-order valence-electron chi connectivity index (χ4n) is 2.48. The monoisotopic (exact) mass is 237 g/mol. The summed E-state index contributed by atoms with van der Waals surface area (Å²) in [6.07, 6.45) is 1.21. The van der Waals surface area contributed by atoms with Crippen LogP contribution in [0.2, 0.25) is 0 Å². The summed E-state index contributed by atoms with van der Waals surface area (Å²) < 4.78 is 18.7. The lowest BCUT2D eigenvalue weighted by molar-refractivity contribution is 0.387. The Labute approximate surface area is 102 Å². The van der Waals surface area contributed by atoms with E-state index < -0.39 is 0 Å². The molecular weight excluding hydrogens is 217 g/mol. The predicted octanol–water partition coefficient (Wildman–Crippen LogP) is 3.14. The van der Waals surface area contributed by atoms with E-state index in [0.717, 1.165) is 17.9 Å². The van der Waals surface area contributed by atoms with Crippen LogP contribution >= 0.6 is 0 Å². The van der Waals surface area contributed by atoms with Gasteiger partial charge in [0, 0.05) is 11.6 Å². The van der Waals surface area contributed by atoms with Crippen LogP contribution in [0.5, 0.6) is 5.75 Å². The van der Waals surface area contributed by atoms with Crippen LogP contribution in [0.15, 0.2) is 18.2 Å². The second-order valence-electron chi connectivity index (χ2n) is 4.80. The third kappa shape index (κ3) is 2.60. The molecule has 2 rings (SSSR count). The first kappa shape index (κ1) is 12.4. The van der Waals surface area contributed by atoms with Gasteiger partial charge in [-0.05, 0) is 43.0 Å². The van der Waals surface area contributed by atoms with Gasteiger partial charge < -0.3 is 10.1 Å². The minimum absolute atomic E-state index is 0.197. The molecule has 1 N–H and O–H groups in total. The third-order valence-electron chi connectivity index (χ3n) is 3.55. The standard InChI is InChI=1S/C14H20FNO/c1-4-16-14(11-7-9(11)2)12-8-10(15)5-6-13(12)17-3/h5-6,8-9,11,14,16H,4,7H2,1-3H3. The first-order valence-electron chi connectivity index (χ1n) is 6.24. The number of rotatable bonds is 5. The van der Waals surface area contributed by atoms with E-state index in [1.807, 2.05) is 0 Å². The molecule has 0 bridgehead atoms. The molecule has 1 fully saturated rings. The molecule has 1 aromatic rings. The molecule has 0 heterocycles. The normalized spacial score (nSPS) is 24.5. The van der Waals surface area contributed by atoms with Crippen LogP contribution in [0.1, 0.15) is 31.9 Å². The second kappa shape index (κ2) is 5.05. The second-order valence-corrected chi connectivity index (χ2v) is 4.80. The van der Waals surface area contributed by atoms with Gasteiger partial charge in [0.05, 0.1) is 7.11 Å². The molecule has 3 atom stereocenters. The van der Waals surface area contributed by atoms with E-state index in [-0.39, 0.29) is 11.9 Å². The van der Waals surface area contributed by atoms with Crippen LogP contribution in [-0.2, 0) is 0 Å². The maximum Gasteiger partial charge on any atom is 0.123 e. The zero-order valence-electron chi connectivity index (χ0n) is 10.7. The quantitative estimate of drug-likeness (QED) is 0.849. The molecule has 0 spiro atoms. The molecule has 3 unspecified atom stereocenters. The highest BCUT2D eigenvalue weighted by Gasteiger charge is 2.40. The van der Waals surface area contributed by atoms with Crippen molar-refractivity contribution in [1.29, 1.82) is 0 Å². The van der Waals surface area contributed by atoms with Gasteiger partial charge in [0.15, 0.2) is 0 Å². The summed E-state index contributed by atoms with van der Waals surface area (Å²) in [5, 5.41) is 3.45. The molecule has 1 aliphatic rings. The van der Waals surface area contributed by atoms with Gasteiger partial charge in [-0.15, -0.1) is 0 Å². The number of benzene rings is 1. The largest absolute Gasteiger partial charge is 0.496 e. The number of hydrogen-bond acceptors (Lipinski definition) is 2. The van der Waals surface area contributed by atoms with E-state index in [2.05, 4.69) is 19.2 Å². The van der Waals surface area contributed by atoms with Gasteiger partial charge in [-0.2, -0.15) is 0 Å². The fourth-order valence-corrected chi connectivity index (χ4v) is 2.48. The van der Waals surface area contributed by atoms with Gasteiger partial charge in [-0.3, -0.25) is 0 Å². The molecule has 17 heavy (non-hydrogen) atoms. The highest BCUT2D eigenvalue weighted by Crippen LogP contribution is 2.48. The topological polar surface area (TPSA) is 21.3 Å². The highest BCUT2D eigenvalue weighted by atomic mass is 19.1. The van der Waals surface area contributed by atoms with Crippen molar-refractivity contribution in [2.75, 3.05) is 13.7 Å². The SMILES string of the molecule is CCNC(c1cc(F)ccc1OC)C1CC1C. The molecule has 94 valence electrons. The summed E-state index contributed by atoms with van der Waals surface area (Å²) in [7, 11) is 1.63. The van der Waals surface area contributed by atoms with Crippen molar-refractivity contribution in [2.45, 2.75) is 26.3 Å². The van der Waals surface area contributed by atoms with Crippen LogP contribution in [-0.4, -0.2) is 13.7 Å². The number of ether oxygens (including phenoxy) is 1. The summed E-state index contributed by atoms with van der Waals surface area (Å²) in [6.45, 7) is 5.19. The molecule has 0 aliphatic heterocycles. The van der Waals surface area contributed by atoms with Gasteiger partial charge in [0.2, 0.25) is 0 Å². The van der Waals surface area contributed by atoms with Crippen LogP contribution in [0.25, 0.3) is 0 Å². The maximum atomic E-state index is 13.4. The van der Waals surface area contributed by atoms with Gasteiger partial charge in [-0.25, -0.2) is 4.39 Å². The average molecular weight is 237 g/mol. The van der Waals surface area contributed by atoms with E-state index >= 15 is 0 Å². The molecule has 3 heteroatoms. The van der Waals surface area contributed by atoms with Crippen LogP contribution in [0.4, 0.5) is 4.39 Å². The fraction of sp³-hybridized carbons (Fsp3) is 0.571. The van der Waals surface area contributed by atoms with Crippen molar-refractivity contribution >= 4 is 0 Å². The van der Waals surface area contributed by atoms with Crippen LogP contribution < -0.4 is 10.1 Å². The molecule has 1 aliphatic carbocycles. The third-order valence-corrected chi connectivity index (χ3v) is 3.55. The zero-order valence-corrected chi connectivity index (χ0v) is 10.7. The zero-order chi connectivity index (χ0) is 12.4. The number of nitrogens with one attached hydrogen (secondary N) is 1. The smallest absolute Gasteiger partial charge is 0.123 e. The number of methoxy groups -OCH3 is 1. The Morgan fingerprint density at radius 1 is 1.53 bits per heavy atom. The lowest BCUT2D eigenvalue weighted by atomic mass is 10.00. The summed E-state index contributed by atoms with van der Waals surface area (Å²) in [6, 6.07) is 4.96. The van der Waals surface area contributed by atoms with Crippen molar-refractivity contribution in [3.8, 4) is 5.75 Å². The Morgan fingerprint density at radius 2 is 2.24 bits per heavy atom. The van der Waals surface area contributed by atoms with E-state index in [1.165, 1.54) is 12.5 Å². The summed E-state index contributed by atoms with van der Waals surface area (Å²) in [5.74, 6) is 1.89. The van der Waals surface area contributed by atoms with Crippen LogP contribution in [0.3, 0.4) is 0 Å². The van der Waals surface area contributed by atoms with E-state index in [4.69, 9.17) is 4.74 Å². The first-order valence-corrected chi connectivity index (χ1v) is 6.24. The predicted molar refractivity (Wildman–Crippen MR) is 66.6 cm³/mol. The number of halogens is 1. The molecule has 1 saturated carbocycles. The maximum absolute atomic E-state index is 13.4. The Hall–Kier alpha value is -1.09.